The Bertz CT molecular complexity index is 170. The van der Waals surface area contributed by atoms with Gasteiger partial charge in [0.15, 0.2) is 0 Å². The van der Waals surface area contributed by atoms with Crippen molar-refractivity contribution in [2.24, 2.45) is 0 Å². The van der Waals surface area contributed by atoms with Crippen LogP contribution in [-0.4, -0.2) is 17.6 Å². The van der Waals surface area contributed by atoms with E-state index in [0.29, 0.717) is 0 Å². The van der Waals surface area contributed by atoms with Gasteiger partial charge in [-0.25, -0.2) is 0 Å². The van der Waals surface area contributed by atoms with Crippen LogP contribution in [0.1, 0.15) is 0 Å². The van der Waals surface area contributed by atoms with E-state index in [1.807, 2.05) is 0 Å². The van der Waals surface area contributed by atoms with Gasteiger partial charge < -0.3 is 0 Å². The van der Waals surface area contributed by atoms with Gasteiger partial charge in [0.2, 0.25) is 0 Å². The van der Waals surface area contributed by atoms with Crippen molar-refractivity contribution in [2.75, 3.05) is 6.54 Å². The molecule has 0 aliphatic heterocycles. The Morgan fingerprint density at radius 3 is 2.88 bits per heavy atom. The van der Waals surface area contributed by atoms with Crippen molar-refractivity contribution in [1.82, 2.24) is 5.32 Å². The molecular weight excluding hydrogens is 129 g/mol. The van der Waals surface area contributed by atoms with Crippen molar-refractivity contribution in [3.05, 3.63) is 0 Å². The molecule has 0 aliphatic carbocycles. The average molecular weight is 133 g/mol. The second kappa shape index (κ2) is 4.60. The number of hydrogen-bond acceptors (Lipinski definition) is 3. The Labute approximate surface area is 47.0 Å². The topological polar surface area (TPSA) is 66.4 Å². The van der Waals surface area contributed by atoms with Crippen LogP contribution < -0.4 is 5.32 Å². The molecule has 0 aromatic heterocycles. The Morgan fingerprint density at radius 2 is 2.50 bits per heavy atom. The summed E-state index contributed by atoms with van der Waals surface area (Å²) in [4.78, 5) is 9.67. The van der Waals surface area contributed by atoms with Crippen molar-refractivity contribution in [1.29, 1.82) is 0 Å². The van der Waals surface area contributed by atoms with Gasteiger partial charge in [0.05, 0.1) is 0 Å². The summed E-state index contributed by atoms with van der Waals surface area (Å²) < 4.78 is 9.52. The zero-order chi connectivity index (χ0) is 6.41. The first kappa shape index (κ1) is 7.44. The van der Waals surface area contributed by atoms with Gasteiger partial charge in [-0.15, -0.1) is 0 Å². The molecule has 44 valence electrons. The summed E-state index contributed by atoms with van der Waals surface area (Å²) in [5.74, 6) is 1.07. The number of hydrogen-bond donors (Lipinski definition) is 2. The second-order valence-electron chi connectivity index (χ2n) is 0.950. The molecule has 0 saturated carbocycles. The third-order valence-electron chi connectivity index (χ3n) is 0.364. The number of nitrogens with one attached hydrogen (secondary N) is 1. The van der Waals surface area contributed by atoms with Crippen LogP contribution in [0.15, 0.2) is 0 Å². The van der Waals surface area contributed by atoms with Crippen LogP contribution in [0.5, 0.6) is 0 Å². The molecule has 5 heteroatoms. The van der Waals surface area contributed by atoms with Crippen LogP contribution in [0.4, 0.5) is 0 Å². The summed E-state index contributed by atoms with van der Waals surface area (Å²) >= 11 is 0. The zero-order valence-corrected chi connectivity index (χ0v) is 4.81. The maximum atomic E-state index is 9.67. The molecule has 0 radical (unpaired) electrons. The quantitative estimate of drug-likeness (QED) is 0.406. The summed E-state index contributed by atoms with van der Waals surface area (Å²) in [6.07, 6.45) is 0. The van der Waals surface area contributed by atoms with Crippen molar-refractivity contribution < 1.29 is 14.5 Å². The summed E-state index contributed by atoms with van der Waals surface area (Å²) in [6.45, 7) is -0.241. The fraction of sp³-hybridized carbons (Fsp3) is 0.333. The van der Waals surface area contributed by atoms with E-state index in [0.717, 1.165) is 0 Å². The summed E-state index contributed by atoms with van der Waals surface area (Å²) in [5.41, 5.74) is 0. The van der Waals surface area contributed by atoms with E-state index in [1.165, 1.54) is 0 Å². The van der Waals surface area contributed by atoms with E-state index in [-0.39, 0.29) is 14.5 Å². The molecule has 0 saturated heterocycles. The van der Waals surface area contributed by atoms with E-state index in [9.17, 15) is 9.36 Å². The minimum atomic E-state index is -0.999. The SMILES string of the molecule is O=P#CNCC(=O)O. The average Bonchev–Trinajstić information content (AvgIpc) is 1.66. The summed E-state index contributed by atoms with van der Waals surface area (Å²) in [5, 5.41) is 10.1. The molecule has 0 spiro atoms. The monoisotopic (exact) mass is 133 g/mol. The Balaban J connectivity index is 3.28. The molecule has 0 aromatic carbocycles. The summed E-state index contributed by atoms with van der Waals surface area (Å²) in [7, 11) is -0.324. The molecule has 0 aliphatic rings. The van der Waals surface area contributed by atoms with Gasteiger partial charge in [-0.1, -0.05) is 0 Å². The van der Waals surface area contributed by atoms with E-state index >= 15 is 0 Å². The van der Waals surface area contributed by atoms with Gasteiger partial charge in [-0.3, -0.25) is 0 Å². The molecule has 0 atom stereocenters. The predicted octanol–water partition coefficient (Wildman–Crippen LogP) is -0.131. The third kappa shape index (κ3) is 5.44. The van der Waals surface area contributed by atoms with Gasteiger partial charge in [-0.2, -0.15) is 0 Å². The first-order chi connectivity index (χ1) is 3.77. The Kier molecular flexibility index (Phi) is 4.27. The Morgan fingerprint density at radius 1 is 1.88 bits per heavy atom. The van der Waals surface area contributed by atoms with E-state index < -0.39 is 5.97 Å². The van der Waals surface area contributed by atoms with E-state index in [2.05, 4.69) is 11.1 Å². The van der Waals surface area contributed by atoms with Crippen molar-refractivity contribution in [3.63, 3.8) is 0 Å². The molecule has 8 heavy (non-hydrogen) atoms. The van der Waals surface area contributed by atoms with Crippen LogP contribution in [-0.2, 0) is 9.36 Å². The van der Waals surface area contributed by atoms with Crippen LogP contribution in [0.3, 0.4) is 0 Å². The van der Waals surface area contributed by atoms with Gasteiger partial charge >= 0.3 is 46.0 Å². The molecule has 0 rings (SSSR count). The van der Waals surface area contributed by atoms with Gasteiger partial charge in [0.25, 0.3) is 0 Å². The first-order valence-electron chi connectivity index (χ1n) is 1.79. The van der Waals surface area contributed by atoms with Crippen LogP contribution in [0.25, 0.3) is 0 Å². The molecule has 0 bridgehead atoms. The van der Waals surface area contributed by atoms with Gasteiger partial charge in [-0.05, 0) is 0 Å². The fourth-order valence-electron chi connectivity index (χ4n) is 0.147. The van der Waals surface area contributed by atoms with Crippen molar-refractivity contribution >= 4 is 13.9 Å². The van der Waals surface area contributed by atoms with Crippen molar-refractivity contribution in [3.8, 4) is 5.75 Å². The van der Waals surface area contributed by atoms with Crippen LogP contribution in [0.2, 0.25) is 0 Å². The van der Waals surface area contributed by atoms with Gasteiger partial charge in [0, 0.05) is 0 Å². The zero-order valence-electron chi connectivity index (χ0n) is 3.92. The molecule has 0 aromatic rings. The number of rotatable bonds is 2. The third-order valence-corrected chi connectivity index (χ3v) is 0.614. The maximum absolute atomic E-state index is 9.67. The predicted molar refractivity (Wildman–Crippen MR) is 27.1 cm³/mol. The molecule has 0 amide bonds. The number of carboxylic acid groups (broad SMARTS) is 1. The van der Waals surface area contributed by atoms with Crippen LogP contribution in [0, 0.1) is 5.75 Å². The first-order valence-corrected chi connectivity index (χ1v) is 2.60. The molecular formula is C3H4NO3P. The molecule has 4 nitrogen and oxygen atoms in total. The second-order valence-corrected chi connectivity index (χ2v) is 1.36. The van der Waals surface area contributed by atoms with Crippen molar-refractivity contribution in [2.45, 2.75) is 0 Å². The normalized spacial score (nSPS) is 7.50. The van der Waals surface area contributed by atoms with E-state index in [4.69, 9.17) is 5.11 Å². The molecule has 0 unspecified atom stereocenters. The minimum absolute atomic E-state index is 0.241. The fourth-order valence-corrected chi connectivity index (χ4v) is 0.291. The number of carbonyl (C=O) groups is 1. The molecule has 2 N–H and O–H groups in total. The van der Waals surface area contributed by atoms with E-state index in [1.54, 1.807) is 0 Å². The van der Waals surface area contributed by atoms with Crippen LogP contribution >= 0.6 is 7.92 Å². The van der Waals surface area contributed by atoms with Gasteiger partial charge in [0.1, 0.15) is 0 Å². The number of carboxylic acids is 1. The molecule has 0 heterocycles. The molecule has 0 fully saturated rings. The summed E-state index contributed by atoms with van der Waals surface area (Å²) in [6, 6.07) is 0. The standard InChI is InChI=1S/C3H4NO3P/c5-3(6)1-4-2-8-7/h4H,1H2,(H,5,6). The Hall–Kier alpha value is -0.560. The number of aliphatic carboxylic acids is 1.